The van der Waals surface area contributed by atoms with Crippen LogP contribution in [0.25, 0.3) is 0 Å². The summed E-state index contributed by atoms with van der Waals surface area (Å²) >= 11 is 0. The Labute approximate surface area is 155 Å². The van der Waals surface area contributed by atoms with Crippen molar-refractivity contribution in [2.45, 2.75) is 37.0 Å². The Balaban J connectivity index is 1.83. The van der Waals surface area contributed by atoms with E-state index in [4.69, 9.17) is 0 Å². The fourth-order valence-electron chi connectivity index (χ4n) is 3.23. The minimum Gasteiger partial charge on any atom is -0.325 e. The summed E-state index contributed by atoms with van der Waals surface area (Å²) in [6.45, 7) is 4.44. The van der Waals surface area contributed by atoms with Crippen LogP contribution in [0.2, 0.25) is 0 Å². The second-order valence-electron chi connectivity index (χ2n) is 6.52. The third kappa shape index (κ3) is 3.39. The first kappa shape index (κ1) is 18.6. The quantitative estimate of drug-likeness (QED) is 0.810. The van der Waals surface area contributed by atoms with Gasteiger partial charge in [-0.2, -0.15) is 4.31 Å². The zero-order valence-electron chi connectivity index (χ0n) is 15.1. The van der Waals surface area contributed by atoms with Crippen molar-refractivity contribution < 1.29 is 13.2 Å². The molecule has 26 heavy (non-hydrogen) atoms. The molecule has 1 aliphatic carbocycles. The minimum atomic E-state index is -3.55. The highest BCUT2D eigenvalue weighted by molar-refractivity contribution is 7.89. The Kier molecular flexibility index (Phi) is 5.16. The lowest BCUT2D eigenvalue weighted by molar-refractivity contribution is -0.118. The largest absolute Gasteiger partial charge is 0.325 e. The van der Waals surface area contributed by atoms with Crippen LogP contribution in [0.5, 0.6) is 0 Å². The molecule has 3 rings (SSSR count). The monoisotopic (exact) mass is 372 g/mol. The van der Waals surface area contributed by atoms with Gasteiger partial charge in [-0.15, -0.1) is 0 Å². The molecule has 1 saturated carbocycles. The standard InChI is InChI=1S/C20H24N2O3S/c1-3-22(4-2)26(24,25)18-12-8-11-17(15-18)21-19(23)20(13-14-20)16-9-6-5-7-10-16/h5-12,15H,3-4,13-14H2,1-2H3,(H,21,23). The van der Waals surface area contributed by atoms with Crippen molar-refractivity contribution in [1.29, 1.82) is 0 Å². The lowest BCUT2D eigenvalue weighted by Gasteiger charge is -2.19. The van der Waals surface area contributed by atoms with Crippen molar-refractivity contribution in [1.82, 2.24) is 4.31 Å². The van der Waals surface area contributed by atoms with Gasteiger partial charge in [-0.05, 0) is 36.6 Å². The Morgan fingerprint density at radius 3 is 2.27 bits per heavy atom. The van der Waals surface area contributed by atoms with Crippen LogP contribution in [0.4, 0.5) is 5.69 Å². The summed E-state index contributed by atoms with van der Waals surface area (Å²) < 4.78 is 26.8. The van der Waals surface area contributed by atoms with Crippen molar-refractivity contribution >= 4 is 21.6 Å². The van der Waals surface area contributed by atoms with Gasteiger partial charge in [-0.1, -0.05) is 50.2 Å². The number of benzene rings is 2. The van der Waals surface area contributed by atoms with Crippen LogP contribution in [0.1, 0.15) is 32.3 Å². The summed E-state index contributed by atoms with van der Waals surface area (Å²) in [5.74, 6) is -0.0823. The van der Waals surface area contributed by atoms with E-state index in [-0.39, 0.29) is 10.8 Å². The fraction of sp³-hybridized carbons (Fsp3) is 0.350. The molecule has 0 saturated heterocycles. The Bertz CT molecular complexity index is 886. The van der Waals surface area contributed by atoms with E-state index in [0.29, 0.717) is 18.8 Å². The van der Waals surface area contributed by atoms with Crippen molar-refractivity contribution in [3.63, 3.8) is 0 Å². The summed E-state index contributed by atoms with van der Waals surface area (Å²) in [4.78, 5) is 13.0. The number of nitrogens with one attached hydrogen (secondary N) is 1. The Hall–Kier alpha value is -2.18. The molecule has 0 aliphatic heterocycles. The molecule has 2 aromatic carbocycles. The average molecular weight is 372 g/mol. The highest BCUT2D eigenvalue weighted by Crippen LogP contribution is 2.48. The number of hydrogen-bond acceptors (Lipinski definition) is 3. The molecule has 1 N–H and O–H groups in total. The molecule has 0 spiro atoms. The smallest absolute Gasteiger partial charge is 0.243 e. The van der Waals surface area contributed by atoms with E-state index in [1.807, 2.05) is 44.2 Å². The first-order valence-corrected chi connectivity index (χ1v) is 10.4. The molecule has 6 heteroatoms. The van der Waals surface area contributed by atoms with Gasteiger partial charge in [0.25, 0.3) is 0 Å². The second-order valence-corrected chi connectivity index (χ2v) is 8.46. The molecular weight excluding hydrogens is 348 g/mol. The van der Waals surface area contributed by atoms with Gasteiger partial charge in [0.1, 0.15) is 0 Å². The van der Waals surface area contributed by atoms with Gasteiger partial charge in [0.2, 0.25) is 15.9 Å². The van der Waals surface area contributed by atoms with Crippen molar-refractivity contribution in [3.8, 4) is 0 Å². The summed E-state index contributed by atoms with van der Waals surface area (Å²) in [7, 11) is -3.55. The van der Waals surface area contributed by atoms with Crippen LogP contribution in [-0.4, -0.2) is 31.7 Å². The molecule has 0 radical (unpaired) electrons. The van der Waals surface area contributed by atoms with Gasteiger partial charge in [0.05, 0.1) is 10.3 Å². The van der Waals surface area contributed by atoms with E-state index in [0.717, 1.165) is 18.4 Å². The summed E-state index contributed by atoms with van der Waals surface area (Å²) in [6.07, 6.45) is 1.61. The van der Waals surface area contributed by atoms with Gasteiger partial charge in [0, 0.05) is 18.8 Å². The second kappa shape index (κ2) is 7.21. The molecule has 0 aromatic heterocycles. The van der Waals surface area contributed by atoms with Gasteiger partial charge in [-0.3, -0.25) is 4.79 Å². The normalized spacial score (nSPS) is 15.7. The fourth-order valence-corrected chi connectivity index (χ4v) is 4.73. The summed E-state index contributed by atoms with van der Waals surface area (Å²) in [5.41, 5.74) is 1.02. The number of hydrogen-bond donors (Lipinski definition) is 1. The third-order valence-electron chi connectivity index (χ3n) is 4.95. The molecule has 5 nitrogen and oxygen atoms in total. The number of amides is 1. The predicted molar refractivity (Wildman–Crippen MR) is 103 cm³/mol. The van der Waals surface area contributed by atoms with Crippen LogP contribution in [0.15, 0.2) is 59.5 Å². The van der Waals surface area contributed by atoms with Gasteiger partial charge in [-0.25, -0.2) is 8.42 Å². The SMILES string of the molecule is CCN(CC)S(=O)(=O)c1cccc(NC(=O)C2(c3ccccc3)CC2)c1. The zero-order valence-corrected chi connectivity index (χ0v) is 15.9. The minimum absolute atomic E-state index is 0.0823. The number of carbonyl (C=O) groups excluding carboxylic acids is 1. The van der Waals surface area contributed by atoms with Crippen LogP contribution in [0.3, 0.4) is 0 Å². The molecule has 0 bridgehead atoms. The predicted octanol–water partition coefficient (Wildman–Crippen LogP) is 3.39. The third-order valence-corrected chi connectivity index (χ3v) is 6.99. The molecule has 1 fully saturated rings. The first-order valence-electron chi connectivity index (χ1n) is 8.91. The van der Waals surface area contributed by atoms with Gasteiger partial charge < -0.3 is 5.32 Å². The molecule has 0 atom stereocenters. The highest BCUT2D eigenvalue weighted by atomic mass is 32.2. The van der Waals surface area contributed by atoms with E-state index in [2.05, 4.69) is 5.32 Å². The van der Waals surface area contributed by atoms with E-state index in [9.17, 15) is 13.2 Å². The van der Waals surface area contributed by atoms with Crippen LogP contribution < -0.4 is 5.32 Å². The molecule has 0 heterocycles. The molecule has 0 unspecified atom stereocenters. The maximum absolute atomic E-state index is 12.8. The maximum Gasteiger partial charge on any atom is 0.243 e. The molecule has 1 aliphatic rings. The Morgan fingerprint density at radius 2 is 1.69 bits per heavy atom. The molecule has 1 amide bonds. The van der Waals surface area contributed by atoms with Crippen molar-refractivity contribution in [3.05, 3.63) is 60.2 Å². The zero-order chi connectivity index (χ0) is 18.8. The van der Waals surface area contributed by atoms with Crippen molar-refractivity contribution in [2.75, 3.05) is 18.4 Å². The van der Waals surface area contributed by atoms with E-state index >= 15 is 0 Å². The van der Waals surface area contributed by atoms with Crippen LogP contribution in [-0.2, 0) is 20.2 Å². The lowest BCUT2D eigenvalue weighted by Crippen LogP contribution is -2.31. The lowest BCUT2D eigenvalue weighted by atomic mass is 9.95. The first-order chi connectivity index (χ1) is 12.4. The Morgan fingerprint density at radius 1 is 1.04 bits per heavy atom. The highest BCUT2D eigenvalue weighted by Gasteiger charge is 2.51. The van der Waals surface area contributed by atoms with Crippen LogP contribution >= 0.6 is 0 Å². The number of anilines is 1. The van der Waals surface area contributed by atoms with E-state index in [1.54, 1.807) is 18.2 Å². The average Bonchev–Trinajstić information content (AvgIpc) is 3.45. The van der Waals surface area contributed by atoms with Gasteiger partial charge >= 0.3 is 0 Å². The topological polar surface area (TPSA) is 66.5 Å². The molecular formula is C20H24N2O3S. The van der Waals surface area contributed by atoms with Crippen molar-refractivity contribution in [2.24, 2.45) is 0 Å². The molecule has 2 aromatic rings. The maximum atomic E-state index is 12.8. The number of rotatable bonds is 7. The summed E-state index contributed by atoms with van der Waals surface area (Å²) in [5, 5.41) is 2.91. The summed E-state index contributed by atoms with van der Waals surface area (Å²) in [6, 6.07) is 16.2. The number of sulfonamides is 1. The molecule has 138 valence electrons. The number of nitrogens with zero attached hydrogens (tertiary/aromatic N) is 1. The van der Waals surface area contributed by atoms with E-state index in [1.165, 1.54) is 10.4 Å². The van der Waals surface area contributed by atoms with Gasteiger partial charge in [0.15, 0.2) is 0 Å². The number of carbonyl (C=O) groups is 1. The van der Waals surface area contributed by atoms with E-state index < -0.39 is 15.4 Å². The van der Waals surface area contributed by atoms with Crippen LogP contribution in [0, 0.1) is 0 Å².